The summed E-state index contributed by atoms with van der Waals surface area (Å²) in [7, 11) is 0. The van der Waals surface area contributed by atoms with Crippen molar-refractivity contribution in [2.45, 2.75) is 13.3 Å². The van der Waals surface area contributed by atoms with Gasteiger partial charge < -0.3 is 5.32 Å². The molecule has 1 aromatic carbocycles. The summed E-state index contributed by atoms with van der Waals surface area (Å²) >= 11 is 0. The van der Waals surface area contributed by atoms with Crippen LogP contribution in [-0.4, -0.2) is 18.8 Å². The fraction of sp³-hybridized carbons (Fsp3) is 0.417. The number of fused-ring (bicyclic) bond motifs is 3. The van der Waals surface area contributed by atoms with E-state index in [1.54, 1.807) is 0 Å². The Hall–Kier alpha value is -1.31. The van der Waals surface area contributed by atoms with E-state index in [9.17, 15) is 0 Å². The van der Waals surface area contributed by atoms with Crippen molar-refractivity contribution in [3.05, 3.63) is 29.8 Å². The average Bonchev–Trinajstić information content (AvgIpc) is 2.60. The maximum Gasteiger partial charge on any atom is 0.0518 e. The highest BCUT2D eigenvalue weighted by atomic mass is 15.0. The minimum absolute atomic E-state index is 0.272. The molecule has 1 unspecified atom stereocenters. The number of nitrogens with one attached hydrogen (secondary N) is 1. The zero-order chi connectivity index (χ0) is 9.60. The topological polar surface area (TPSA) is 24.4 Å². The molecule has 14 heavy (non-hydrogen) atoms. The third-order valence-corrected chi connectivity index (χ3v) is 3.36. The maximum absolute atomic E-state index is 4.65. The molecular weight excluding hydrogens is 172 g/mol. The Morgan fingerprint density at radius 1 is 1.36 bits per heavy atom. The van der Waals surface area contributed by atoms with Crippen LogP contribution in [0.2, 0.25) is 0 Å². The molecular formula is C12H14N2. The van der Waals surface area contributed by atoms with Crippen LogP contribution < -0.4 is 5.32 Å². The standard InChI is InChI=1S/C12H14N2/c1-12-6-7-13-11(12)9-4-2-3-5-10(9)14-8-12/h2-5,14H,6-8H2,1H3. The molecule has 1 atom stereocenters. The third-order valence-electron chi connectivity index (χ3n) is 3.36. The van der Waals surface area contributed by atoms with Gasteiger partial charge >= 0.3 is 0 Å². The fourth-order valence-corrected chi connectivity index (χ4v) is 2.44. The van der Waals surface area contributed by atoms with E-state index in [0.717, 1.165) is 13.1 Å². The van der Waals surface area contributed by atoms with Gasteiger partial charge in [-0.1, -0.05) is 25.1 Å². The Labute approximate surface area is 84.1 Å². The number of aliphatic imine (C=N–C) groups is 1. The van der Waals surface area contributed by atoms with Gasteiger partial charge in [0.05, 0.1) is 5.71 Å². The molecule has 0 fully saturated rings. The molecule has 0 radical (unpaired) electrons. The van der Waals surface area contributed by atoms with Crippen LogP contribution in [0.4, 0.5) is 5.69 Å². The largest absolute Gasteiger partial charge is 0.384 e. The van der Waals surface area contributed by atoms with Crippen LogP contribution in [0.25, 0.3) is 0 Å². The Kier molecular flexibility index (Phi) is 1.49. The molecule has 0 saturated heterocycles. The molecule has 0 saturated carbocycles. The number of para-hydroxylation sites is 1. The number of hydrogen-bond donors (Lipinski definition) is 1. The molecule has 3 rings (SSSR count). The van der Waals surface area contributed by atoms with Gasteiger partial charge in [0.15, 0.2) is 0 Å². The molecule has 0 bridgehead atoms. The highest BCUT2D eigenvalue weighted by molar-refractivity contribution is 6.11. The minimum Gasteiger partial charge on any atom is -0.384 e. The minimum atomic E-state index is 0.272. The smallest absolute Gasteiger partial charge is 0.0518 e. The summed E-state index contributed by atoms with van der Waals surface area (Å²) in [6.45, 7) is 4.33. The lowest BCUT2D eigenvalue weighted by Gasteiger charge is -2.33. The summed E-state index contributed by atoms with van der Waals surface area (Å²) in [6, 6.07) is 8.47. The zero-order valence-electron chi connectivity index (χ0n) is 8.38. The summed E-state index contributed by atoms with van der Waals surface area (Å²) in [5, 5.41) is 3.49. The number of benzene rings is 1. The average molecular weight is 186 g/mol. The molecule has 2 aliphatic rings. The molecule has 0 amide bonds. The van der Waals surface area contributed by atoms with Gasteiger partial charge in [0.1, 0.15) is 0 Å². The lowest BCUT2D eigenvalue weighted by molar-refractivity contribution is 0.488. The predicted octanol–water partition coefficient (Wildman–Crippen LogP) is 2.31. The van der Waals surface area contributed by atoms with Crippen LogP contribution in [0.5, 0.6) is 0 Å². The second kappa shape index (κ2) is 2.59. The first-order valence-corrected chi connectivity index (χ1v) is 5.18. The molecule has 1 aromatic rings. The van der Waals surface area contributed by atoms with Crippen LogP contribution in [-0.2, 0) is 0 Å². The quantitative estimate of drug-likeness (QED) is 0.660. The number of anilines is 1. The number of nitrogens with zero attached hydrogens (tertiary/aromatic N) is 1. The van der Waals surface area contributed by atoms with Crippen LogP contribution in [0.1, 0.15) is 18.9 Å². The van der Waals surface area contributed by atoms with Gasteiger partial charge in [-0.25, -0.2) is 0 Å². The molecule has 72 valence electrons. The monoisotopic (exact) mass is 186 g/mol. The Bertz CT molecular complexity index is 409. The van der Waals surface area contributed by atoms with Gasteiger partial charge in [0.25, 0.3) is 0 Å². The van der Waals surface area contributed by atoms with Crippen LogP contribution in [0, 0.1) is 5.41 Å². The van der Waals surface area contributed by atoms with Gasteiger partial charge in [-0.05, 0) is 12.5 Å². The fourth-order valence-electron chi connectivity index (χ4n) is 2.44. The van der Waals surface area contributed by atoms with E-state index in [1.807, 2.05) is 0 Å². The Morgan fingerprint density at radius 2 is 2.21 bits per heavy atom. The maximum atomic E-state index is 4.65. The molecule has 0 aliphatic carbocycles. The van der Waals surface area contributed by atoms with E-state index in [2.05, 4.69) is 41.5 Å². The zero-order valence-corrected chi connectivity index (χ0v) is 8.38. The number of hydrogen-bond acceptors (Lipinski definition) is 2. The van der Waals surface area contributed by atoms with E-state index >= 15 is 0 Å². The first-order valence-electron chi connectivity index (χ1n) is 5.18. The van der Waals surface area contributed by atoms with E-state index in [0.29, 0.717) is 0 Å². The molecule has 2 aliphatic heterocycles. The Balaban J connectivity index is 2.18. The van der Waals surface area contributed by atoms with Gasteiger partial charge in [-0.2, -0.15) is 0 Å². The van der Waals surface area contributed by atoms with E-state index in [-0.39, 0.29) is 5.41 Å². The predicted molar refractivity (Wildman–Crippen MR) is 59.1 cm³/mol. The first kappa shape index (κ1) is 8.04. The van der Waals surface area contributed by atoms with Crippen molar-refractivity contribution in [3.8, 4) is 0 Å². The van der Waals surface area contributed by atoms with Gasteiger partial charge in [0, 0.05) is 29.8 Å². The van der Waals surface area contributed by atoms with Crippen LogP contribution >= 0.6 is 0 Å². The Morgan fingerprint density at radius 3 is 3.14 bits per heavy atom. The van der Waals surface area contributed by atoms with Crippen LogP contribution in [0.15, 0.2) is 29.3 Å². The van der Waals surface area contributed by atoms with Crippen molar-refractivity contribution in [2.24, 2.45) is 10.4 Å². The SMILES string of the molecule is CC12CCN=C1c1ccccc1NC2. The van der Waals surface area contributed by atoms with Crippen molar-refractivity contribution in [2.75, 3.05) is 18.4 Å². The normalized spacial score (nSPS) is 28.8. The van der Waals surface area contributed by atoms with Gasteiger partial charge in [-0.3, -0.25) is 4.99 Å². The van der Waals surface area contributed by atoms with Crippen molar-refractivity contribution in [3.63, 3.8) is 0 Å². The lowest BCUT2D eigenvalue weighted by Crippen LogP contribution is -2.37. The molecule has 0 aromatic heterocycles. The highest BCUT2D eigenvalue weighted by Gasteiger charge is 2.38. The summed E-state index contributed by atoms with van der Waals surface area (Å²) in [6.07, 6.45) is 1.18. The summed E-state index contributed by atoms with van der Waals surface area (Å²) in [5.74, 6) is 0. The molecule has 2 nitrogen and oxygen atoms in total. The van der Waals surface area contributed by atoms with Crippen molar-refractivity contribution < 1.29 is 0 Å². The molecule has 1 N–H and O–H groups in total. The molecule has 0 spiro atoms. The van der Waals surface area contributed by atoms with Crippen molar-refractivity contribution in [1.82, 2.24) is 0 Å². The van der Waals surface area contributed by atoms with Crippen LogP contribution in [0.3, 0.4) is 0 Å². The number of rotatable bonds is 0. The summed E-state index contributed by atoms with van der Waals surface area (Å²) in [5.41, 5.74) is 4.13. The molecule has 2 heteroatoms. The second-order valence-corrected chi connectivity index (χ2v) is 4.44. The van der Waals surface area contributed by atoms with Crippen molar-refractivity contribution >= 4 is 11.4 Å². The second-order valence-electron chi connectivity index (χ2n) is 4.44. The first-order chi connectivity index (χ1) is 6.80. The lowest BCUT2D eigenvalue weighted by atomic mass is 9.78. The van der Waals surface area contributed by atoms with E-state index in [4.69, 9.17) is 0 Å². The van der Waals surface area contributed by atoms with Crippen molar-refractivity contribution in [1.29, 1.82) is 0 Å². The molecule has 2 heterocycles. The van der Waals surface area contributed by atoms with Gasteiger partial charge in [0.2, 0.25) is 0 Å². The highest BCUT2D eigenvalue weighted by Crippen LogP contribution is 2.38. The van der Waals surface area contributed by atoms with E-state index < -0.39 is 0 Å². The summed E-state index contributed by atoms with van der Waals surface area (Å²) in [4.78, 5) is 4.65. The summed E-state index contributed by atoms with van der Waals surface area (Å²) < 4.78 is 0. The van der Waals surface area contributed by atoms with E-state index in [1.165, 1.54) is 23.4 Å². The van der Waals surface area contributed by atoms with Gasteiger partial charge in [-0.15, -0.1) is 0 Å². The third kappa shape index (κ3) is 0.939.